The van der Waals surface area contributed by atoms with E-state index in [0.717, 1.165) is 41.6 Å². The lowest BCUT2D eigenvalue weighted by molar-refractivity contribution is -0.140. The molecule has 2 heterocycles. The van der Waals surface area contributed by atoms with Crippen molar-refractivity contribution in [1.82, 2.24) is 25.3 Å². The van der Waals surface area contributed by atoms with Gasteiger partial charge in [0.25, 0.3) is 0 Å². The van der Waals surface area contributed by atoms with Gasteiger partial charge in [0, 0.05) is 44.7 Å². The fourth-order valence-electron chi connectivity index (χ4n) is 9.99. The number of nitrogens with zero attached hydrogens (tertiary/aromatic N) is 3. The van der Waals surface area contributed by atoms with Gasteiger partial charge in [-0.3, -0.25) is 9.59 Å². The number of hydrogen-bond donors (Lipinski definition) is 3. The summed E-state index contributed by atoms with van der Waals surface area (Å²) in [6, 6.07) is 58.6. The molecule has 76 heavy (non-hydrogen) atoms. The Labute approximate surface area is 451 Å². The highest BCUT2D eigenvalue weighted by atomic mass is 16.6. The van der Waals surface area contributed by atoms with Gasteiger partial charge in [-0.05, 0) is 107 Å². The molecule has 6 atom stereocenters. The Balaban J connectivity index is 0.000000236. The highest BCUT2D eigenvalue weighted by Gasteiger charge is 2.43. The molecule has 2 saturated heterocycles. The maximum atomic E-state index is 14.6. The standard InChI is InChI=1S/C37H47N3O5.C27H31N3O/c1-36(2,3)44-34(42)38-32(24-29-20-14-9-15-21-29)33(41)39-25-31(23-28-18-12-8-13-19-28)40(35(43)45-37(4,5)6)26-30(39)22-27-16-10-7-11-17-27;28-26(18-23-14-8-3-9-15-23)27(31)30-20-24(16-21-10-4-1-5-11-21)29-19-25(30)17-22-12-6-2-7-13-22/h7-21,30-32H,22-26H2,1-6H3,(H,38,42);1-15,24-26,29H,16-20,28H2/t30?,31-,32-;24-,25?,26-/m00/s1. The predicted molar refractivity (Wildman–Crippen MR) is 302 cm³/mol. The molecule has 2 aliphatic heterocycles. The van der Waals surface area contributed by atoms with Crippen LogP contribution < -0.4 is 16.4 Å². The summed E-state index contributed by atoms with van der Waals surface area (Å²) in [6.45, 7) is 13.0. The van der Waals surface area contributed by atoms with Crippen molar-refractivity contribution in [3.05, 3.63) is 215 Å². The molecule has 2 fully saturated rings. The minimum absolute atomic E-state index is 0.0457. The zero-order valence-electron chi connectivity index (χ0n) is 45.2. The van der Waals surface area contributed by atoms with E-state index in [4.69, 9.17) is 15.2 Å². The number of benzene rings is 6. The molecule has 0 aromatic heterocycles. The molecule has 6 aromatic rings. The van der Waals surface area contributed by atoms with Crippen LogP contribution in [-0.4, -0.2) is 112 Å². The van der Waals surface area contributed by atoms with Crippen LogP contribution >= 0.6 is 0 Å². The number of carbonyl (C=O) groups excluding carboxylic acids is 4. The van der Waals surface area contributed by atoms with Crippen molar-refractivity contribution in [2.24, 2.45) is 5.73 Å². The second-order valence-corrected chi connectivity index (χ2v) is 22.1. The number of hydrogen-bond acceptors (Lipinski definition) is 8. The highest BCUT2D eigenvalue weighted by molar-refractivity contribution is 5.87. The number of piperazine rings is 2. The SMILES string of the molecule is CC(C)(C)OC(=O)N[C@@H](Cc1ccccc1)C(=O)N1C[C@H](Cc2ccccc2)N(C(=O)OC(C)(C)C)CC1Cc1ccccc1.N[C@@H](Cc1ccccc1)C(=O)N1C[C@H](Cc2ccccc2)NCC1Cc1ccccc1. The molecule has 2 aliphatic rings. The third-order valence-corrected chi connectivity index (χ3v) is 13.5. The van der Waals surface area contributed by atoms with Crippen LogP contribution in [-0.2, 0) is 57.6 Å². The molecule has 0 saturated carbocycles. The van der Waals surface area contributed by atoms with Gasteiger partial charge >= 0.3 is 12.2 Å². The Bertz CT molecular complexity index is 2720. The Hall–Kier alpha value is -7.28. The fourth-order valence-corrected chi connectivity index (χ4v) is 9.99. The molecular weight excluding hydrogens is 949 g/mol. The normalized spacial score (nSPS) is 18.5. The van der Waals surface area contributed by atoms with E-state index in [9.17, 15) is 19.2 Å². The van der Waals surface area contributed by atoms with Gasteiger partial charge in [0.2, 0.25) is 11.8 Å². The minimum Gasteiger partial charge on any atom is -0.444 e. The average molecular weight is 1030 g/mol. The second-order valence-electron chi connectivity index (χ2n) is 22.1. The zero-order valence-corrected chi connectivity index (χ0v) is 45.2. The van der Waals surface area contributed by atoms with Crippen LogP contribution in [0.3, 0.4) is 0 Å². The molecular formula is C64H78N6O6. The molecule has 0 bridgehead atoms. The van der Waals surface area contributed by atoms with E-state index in [1.807, 2.05) is 164 Å². The first-order chi connectivity index (χ1) is 36.5. The first kappa shape index (κ1) is 56.4. The summed E-state index contributed by atoms with van der Waals surface area (Å²) in [6.07, 6.45) is 2.62. The van der Waals surface area contributed by atoms with Crippen molar-refractivity contribution in [2.75, 3.05) is 26.2 Å². The van der Waals surface area contributed by atoms with Gasteiger partial charge in [0.15, 0.2) is 0 Å². The van der Waals surface area contributed by atoms with Crippen LogP contribution in [0.5, 0.6) is 0 Å². The molecule has 6 aromatic carbocycles. The van der Waals surface area contributed by atoms with E-state index in [-0.39, 0.29) is 49.1 Å². The molecule has 12 nitrogen and oxygen atoms in total. The van der Waals surface area contributed by atoms with Crippen molar-refractivity contribution in [3.8, 4) is 0 Å². The third kappa shape index (κ3) is 17.7. The Morgan fingerprint density at radius 3 is 1.30 bits per heavy atom. The van der Waals surface area contributed by atoms with Crippen molar-refractivity contribution >= 4 is 24.0 Å². The largest absolute Gasteiger partial charge is 0.444 e. The topological polar surface area (TPSA) is 147 Å². The van der Waals surface area contributed by atoms with E-state index in [2.05, 4.69) is 59.2 Å². The fraction of sp³-hybridized carbons (Fsp3) is 0.375. The van der Waals surface area contributed by atoms with Gasteiger partial charge in [-0.15, -0.1) is 0 Å². The Morgan fingerprint density at radius 2 is 0.855 bits per heavy atom. The van der Waals surface area contributed by atoms with Crippen LogP contribution in [0.2, 0.25) is 0 Å². The third-order valence-electron chi connectivity index (χ3n) is 13.5. The molecule has 400 valence electrons. The lowest BCUT2D eigenvalue weighted by Gasteiger charge is -2.47. The summed E-state index contributed by atoms with van der Waals surface area (Å²) in [5.41, 5.74) is 11.7. The number of ether oxygens (including phenoxy) is 2. The quantitative estimate of drug-likeness (QED) is 0.0923. The van der Waals surface area contributed by atoms with Crippen molar-refractivity contribution in [1.29, 1.82) is 0 Å². The Morgan fingerprint density at radius 1 is 0.487 bits per heavy atom. The van der Waals surface area contributed by atoms with Gasteiger partial charge in [-0.25, -0.2) is 9.59 Å². The summed E-state index contributed by atoms with van der Waals surface area (Å²) in [5.74, 6) is -0.170. The maximum absolute atomic E-state index is 14.6. The smallest absolute Gasteiger partial charge is 0.410 e. The number of carbonyl (C=O) groups is 4. The number of alkyl carbamates (subject to hydrolysis) is 1. The van der Waals surface area contributed by atoms with Gasteiger partial charge in [-0.1, -0.05) is 182 Å². The molecule has 4 N–H and O–H groups in total. The van der Waals surface area contributed by atoms with E-state index < -0.39 is 35.5 Å². The van der Waals surface area contributed by atoms with Crippen molar-refractivity contribution < 1.29 is 28.7 Å². The van der Waals surface area contributed by atoms with E-state index >= 15 is 0 Å². The Kier molecular flexibility index (Phi) is 20.0. The predicted octanol–water partition coefficient (Wildman–Crippen LogP) is 9.64. The molecule has 0 aliphatic carbocycles. The van der Waals surface area contributed by atoms with Crippen LogP contribution in [0.15, 0.2) is 182 Å². The monoisotopic (exact) mass is 1030 g/mol. The summed E-state index contributed by atoms with van der Waals surface area (Å²) in [7, 11) is 0. The van der Waals surface area contributed by atoms with Crippen LogP contribution in [0.4, 0.5) is 9.59 Å². The van der Waals surface area contributed by atoms with E-state index in [0.29, 0.717) is 32.2 Å². The minimum atomic E-state index is -0.869. The summed E-state index contributed by atoms with van der Waals surface area (Å²) >= 11 is 0. The van der Waals surface area contributed by atoms with Crippen molar-refractivity contribution in [2.45, 2.75) is 128 Å². The average Bonchev–Trinajstić information content (AvgIpc) is 3.40. The molecule has 8 rings (SSSR count). The van der Waals surface area contributed by atoms with Gasteiger partial charge < -0.3 is 40.5 Å². The number of amides is 4. The first-order valence-corrected chi connectivity index (χ1v) is 26.8. The van der Waals surface area contributed by atoms with Gasteiger partial charge in [-0.2, -0.15) is 0 Å². The number of nitrogens with two attached hydrogens (primary N) is 1. The molecule has 12 heteroatoms. The van der Waals surface area contributed by atoms with Crippen LogP contribution in [0.1, 0.15) is 74.9 Å². The summed E-state index contributed by atoms with van der Waals surface area (Å²) < 4.78 is 11.4. The molecule has 2 unspecified atom stereocenters. The zero-order chi connectivity index (χ0) is 54.1. The highest BCUT2D eigenvalue weighted by Crippen LogP contribution is 2.26. The number of nitrogens with one attached hydrogen (secondary N) is 2. The van der Waals surface area contributed by atoms with Gasteiger partial charge in [0.05, 0.1) is 18.1 Å². The first-order valence-electron chi connectivity index (χ1n) is 26.8. The lowest BCUT2D eigenvalue weighted by Crippen LogP contribution is -2.65. The molecule has 0 spiro atoms. The summed E-state index contributed by atoms with van der Waals surface area (Å²) in [5, 5.41) is 6.55. The van der Waals surface area contributed by atoms with E-state index in [1.54, 1.807) is 25.7 Å². The number of rotatable bonds is 15. The van der Waals surface area contributed by atoms with Crippen molar-refractivity contribution in [3.63, 3.8) is 0 Å². The van der Waals surface area contributed by atoms with Gasteiger partial charge in [0.1, 0.15) is 17.2 Å². The van der Waals surface area contributed by atoms with E-state index in [1.165, 1.54) is 11.1 Å². The lowest BCUT2D eigenvalue weighted by atomic mass is 9.94. The van der Waals surface area contributed by atoms with Crippen LogP contribution in [0.25, 0.3) is 0 Å². The summed E-state index contributed by atoms with van der Waals surface area (Å²) in [4.78, 5) is 60.5. The van der Waals surface area contributed by atoms with Crippen LogP contribution in [0, 0.1) is 0 Å². The second kappa shape index (κ2) is 27.0. The molecule has 0 radical (unpaired) electrons. The molecule has 4 amide bonds. The maximum Gasteiger partial charge on any atom is 0.410 e.